The molecule has 7 heteroatoms. The van der Waals surface area contributed by atoms with E-state index in [0.717, 1.165) is 5.69 Å². The number of halogens is 2. The summed E-state index contributed by atoms with van der Waals surface area (Å²) in [5, 5.41) is 2.31. The van der Waals surface area contributed by atoms with Gasteiger partial charge < -0.3 is 9.64 Å². The Morgan fingerprint density at radius 3 is 2.94 bits per heavy atom. The number of alkyl halides is 2. The molecule has 1 aromatic heterocycles. The number of nitrogens with zero attached hydrogens (tertiary/aromatic N) is 2. The first-order chi connectivity index (χ1) is 8.52. The van der Waals surface area contributed by atoms with Crippen molar-refractivity contribution in [3.8, 4) is 0 Å². The summed E-state index contributed by atoms with van der Waals surface area (Å²) in [5.41, 5.74) is 0.726. The van der Waals surface area contributed by atoms with Crippen LogP contribution in [0.15, 0.2) is 5.38 Å². The average molecular weight is 278 g/mol. The van der Waals surface area contributed by atoms with Crippen molar-refractivity contribution in [2.45, 2.75) is 26.2 Å². The van der Waals surface area contributed by atoms with Crippen LogP contribution in [0.1, 0.15) is 19.0 Å². The molecule has 18 heavy (non-hydrogen) atoms. The Hall–Kier alpha value is -1.24. The van der Waals surface area contributed by atoms with Gasteiger partial charge in [-0.3, -0.25) is 4.79 Å². The van der Waals surface area contributed by atoms with Crippen molar-refractivity contribution in [3.63, 3.8) is 0 Å². The summed E-state index contributed by atoms with van der Waals surface area (Å²) in [5.74, 6) is -0.270. The molecule has 0 unspecified atom stereocenters. The Kier molecular flexibility index (Phi) is 5.97. The molecule has 0 atom stereocenters. The molecule has 0 N–H and O–H groups in total. The molecule has 1 rings (SSSR count). The molecule has 0 aliphatic rings. The minimum absolute atomic E-state index is 0.259. The second-order valence-corrected chi connectivity index (χ2v) is 4.53. The number of ether oxygens (including phenoxy) is 1. The predicted molar refractivity (Wildman–Crippen MR) is 66.3 cm³/mol. The zero-order chi connectivity index (χ0) is 13.5. The second kappa shape index (κ2) is 7.25. The number of esters is 1. The van der Waals surface area contributed by atoms with E-state index in [2.05, 4.69) is 4.98 Å². The molecule has 0 aliphatic carbocycles. The lowest BCUT2D eigenvalue weighted by atomic mass is 10.2. The summed E-state index contributed by atoms with van der Waals surface area (Å²) in [7, 11) is 1.57. The molecule has 0 bridgehead atoms. The third-order valence-corrected chi connectivity index (χ3v) is 3.17. The maximum Gasteiger partial charge on any atom is 0.306 e. The fourth-order valence-electron chi connectivity index (χ4n) is 1.33. The summed E-state index contributed by atoms with van der Waals surface area (Å²) in [4.78, 5) is 16.8. The van der Waals surface area contributed by atoms with E-state index in [1.54, 1.807) is 19.4 Å². The third kappa shape index (κ3) is 4.95. The topological polar surface area (TPSA) is 42.4 Å². The van der Waals surface area contributed by atoms with Gasteiger partial charge >= 0.3 is 5.97 Å². The van der Waals surface area contributed by atoms with Crippen LogP contribution in [0.2, 0.25) is 0 Å². The van der Waals surface area contributed by atoms with E-state index < -0.39 is 6.43 Å². The number of hydrogen-bond donors (Lipinski definition) is 0. The minimum atomic E-state index is -2.39. The SMILES string of the molecule is CCOC(=O)CCc1csc(N(C)CC(F)F)n1. The number of anilines is 1. The van der Waals surface area contributed by atoms with Gasteiger partial charge in [0.25, 0.3) is 6.43 Å². The Morgan fingerprint density at radius 2 is 2.33 bits per heavy atom. The third-order valence-electron chi connectivity index (χ3n) is 2.17. The van der Waals surface area contributed by atoms with Crippen LogP contribution in [0.4, 0.5) is 13.9 Å². The van der Waals surface area contributed by atoms with Gasteiger partial charge in [0.05, 0.1) is 25.3 Å². The highest BCUT2D eigenvalue weighted by Gasteiger charge is 2.12. The lowest BCUT2D eigenvalue weighted by Gasteiger charge is -2.14. The van der Waals surface area contributed by atoms with E-state index in [9.17, 15) is 13.6 Å². The quantitative estimate of drug-likeness (QED) is 0.718. The van der Waals surface area contributed by atoms with Crippen molar-refractivity contribution < 1.29 is 18.3 Å². The number of rotatable bonds is 7. The first-order valence-corrected chi connectivity index (χ1v) is 6.50. The summed E-state index contributed by atoms with van der Waals surface area (Å²) < 4.78 is 29.2. The molecule has 1 aromatic rings. The fourth-order valence-corrected chi connectivity index (χ4v) is 2.17. The van der Waals surface area contributed by atoms with Gasteiger partial charge in [-0.05, 0) is 6.92 Å². The van der Waals surface area contributed by atoms with E-state index in [1.807, 2.05) is 0 Å². The van der Waals surface area contributed by atoms with Crippen LogP contribution in [0.5, 0.6) is 0 Å². The fraction of sp³-hybridized carbons (Fsp3) is 0.636. The van der Waals surface area contributed by atoms with Gasteiger partial charge in [0.15, 0.2) is 5.13 Å². The van der Waals surface area contributed by atoms with Crippen molar-refractivity contribution in [2.75, 3.05) is 25.1 Å². The van der Waals surface area contributed by atoms with E-state index in [-0.39, 0.29) is 18.9 Å². The minimum Gasteiger partial charge on any atom is -0.466 e. The molecule has 0 spiro atoms. The Labute approximate surface area is 109 Å². The number of aryl methyl sites for hydroxylation is 1. The Bertz CT molecular complexity index is 385. The highest BCUT2D eigenvalue weighted by Crippen LogP contribution is 2.20. The molecule has 4 nitrogen and oxygen atoms in total. The van der Waals surface area contributed by atoms with Crippen molar-refractivity contribution >= 4 is 22.4 Å². The van der Waals surface area contributed by atoms with Gasteiger partial charge in [-0.2, -0.15) is 0 Å². The molecular weight excluding hydrogens is 262 g/mol. The smallest absolute Gasteiger partial charge is 0.306 e. The second-order valence-electron chi connectivity index (χ2n) is 3.70. The van der Waals surface area contributed by atoms with Gasteiger partial charge in [0, 0.05) is 18.8 Å². The molecule has 0 aliphatic heterocycles. The van der Waals surface area contributed by atoms with E-state index >= 15 is 0 Å². The molecule has 0 saturated carbocycles. The summed E-state index contributed by atoms with van der Waals surface area (Å²) in [6, 6.07) is 0. The number of carbonyl (C=O) groups excluding carboxylic acids is 1. The lowest BCUT2D eigenvalue weighted by molar-refractivity contribution is -0.143. The van der Waals surface area contributed by atoms with Crippen LogP contribution < -0.4 is 4.90 Å². The molecule has 0 saturated heterocycles. The molecule has 102 valence electrons. The van der Waals surface area contributed by atoms with Gasteiger partial charge in [-0.25, -0.2) is 13.8 Å². The van der Waals surface area contributed by atoms with Gasteiger partial charge in [0.1, 0.15) is 0 Å². The summed E-state index contributed by atoms with van der Waals surface area (Å²) >= 11 is 1.29. The summed E-state index contributed by atoms with van der Waals surface area (Å²) in [6.07, 6.45) is -1.66. The number of carbonyl (C=O) groups is 1. The Morgan fingerprint density at radius 1 is 1.61 bits per heavy atom. The van der Waals surface area contributed by atoms with Gasteiger partial charge in [0.2, 0.25) is 0 Å². The van der Waals surface area contributed by atoms with Crippen molar-refractivity contribution in [2.24, 2.45) is 0 Å². The standard InChI is InChI=1S/C11H16F2N2O2S/c1-3-17-10(16)5-4-8-7-18-11(14-8)15(2)6-9(12)13/h7,9H,3-6H2,1-2H3. The molecule has 0 fully saturated rings. The number of hydrogen-bond acceptors (Lipinski definition) is 5. The van der Waals surface area contributed by atoms with Crippen LogP contribution in [0.25, 0.3) is 0 Å². The van der Waals surface area contributed by atoms with Crippen LogP contribution in [0.3, 0.4) is 0 Å². The van der Waals surface area contributed by atoms with E-state index in [0.29, 0.717) is 18.2 Å². The van der Waals surface area contributed by atoms with Crippen LogP contribution in [0, 0.1) is 0 Å². The van der Waals surface area contributed by atoms with Crippen LogP contribution >= 0.6 is 11.3 Å². The molecule has 1 heterocycles. The molecule has 0 amide bonds. The lowest BCUT2D eigenvalue weighted by Crippen LogP contribution is -2.23. The average Bonchev–Trinajstić information content (AvgIpc) is 2.74. The maximum atomic E-state index is 12.2. The van der Waals surface area contributed by atoms with Crippen molar-refractivity contribution in [1.29, 1.82) is 0 Å². The zero-order valence-electron chi connectivity index (χ0n) is 10.4. The van der Waals surface area contributed by atoms with E-state index in [4.69, 9.17) is 4.74 Å². The number of thiazole rings is 1. The molecular formula is C11H16F2N2O2S. The summed E-state index contributed by atoms with van der Waals surface area (Å²) in [6.45, 7) is 1.77. The first kappa shape index (κ1) is 14.8. The predicted octanol–water partition coefficient (Wildman–Crippen LogP) is 2.34. The van der Waals surface area contributed by atoms with Crippen LogP contribution in [-0.2, 0) is 16.0 Å². The monoisotopic (exact) mass is 278 g/mol. The van der Waals surface area contributed by atoms with Gasteiger partial charge in [-0.15, -0.1) is 11.3 Å². The highest BCUT2D eigenvalue weighted by atomic mass is 32.1. The van der Waals surface area contributed by atoms with Crippen molar-refractivity contribution in [3.05, 3.63) is 11.1 Å². The van der Waals surface area contributed by atoms with Gasteiger partial charge in [-0.1, -0.05) is 0 Å². The molecule has 0 aromatic carbocycles. The van der Waals surface area contributed by atoms with E-state index in [1.165, 1.54) is 16.2 Å². The largest absolute Gasteiger partial charge is 0.466 e. The maximum absolute atomic E-state index is 12.2. The highest BCUT2D eigenvalue weighted by molar-refractivity contribution is 7.13. The first-order valence-electron chi connectivity index (χ1n) is 5.62. The number of aromatic nitrogens is 1. The zero-order valence-corrected chi connectivity index (χ0v) is 11.2. The van der Waals surface area contributed by atoms with Crippen molar-refractivity contribution in [1.82, 2.24) is 4.98 Å². The van der Waals surface area contributed by atoms with Crippen LogP contribution in [-0.4, -0.2) is 37.6 Å². The molecule has 0 radical (unpaired) electrons. The normalized spacial score (nSPS) is 10.7. The Balaban J connectivity index is 2.45.